The Morgan fingerprint density at radius 3 is 1.45 bits per heavy atom. The zero-order valence-electron chi connectivity index (χ0n) is 10.1. The Morgan fingerprint density at radius 1 is 0.700 bits per heavy atom. The van der Waals surface area contributed by atoms with Crippen LogP contribution in [0.25, 0.3) is 11.1 Å². The molecule has 1 aliphatic carbocycles. The first-order valence-electron chi connectivity index (χ1n) is 5.79. The molecule has 1 aliphatic rings. The minimum atomic E-state index is -1.11. The summed E-state index contributed by atoms with van der Waals surface area (Å²) in [6.45, 7) is 0. The second kappa shape index (κ2) is 4.03. The van der Waals surface area contributed by atoms with Gasteiger partial charge in [0.1, 0.15) is 0 Å². The summed E-state index contributed by atoms with van der Waals surface area (Å²) in [7, 11) is 0. The van der Waals surface area contributed by atoms with Crippen molar-refractivity contribution in [2.24, 2.45) is 0 Å². The van der Waals surface area contributed by atoms with Gasteiger partial charge in [-0.2, -0.15) is 0 Å². The molecule has 2 aromatic rings. The van der Waals surface area contributed by atoms with Crippen molar-refractivity contribution in [2.45, 2.75) is 0 Å². The zero-order chi connectivity index (χ0) is 14.4. The van der Waals surface area contributed by atoms with E-state index in [4.69, 9.17) is 10.2 Å². The molecular weight excluding hydrogens is 260 g/mol. The fraction of sp³-hybridized carbons (Fsp3) is 0. The number of hydrogen-bond donors (Lipinski definition) is 2. The standard InChI is InChI=1S/C15H8O5/c16-13-11-5-7(14(17)18)1-3-9(11)10-4-2-8(15(19)20)6-12(10)13/h1-6H,(H,17,18)(H,19,20). The molecule has 0 bridgehead atoms. The molecule has 0 saturated heterocycles. The minimum Gasteiger partial charge on any atom is -0.478 e. The number of fused-ring (bicyclic) bond motifs is 3. The molecule has 5 heteroatoms. The summed E-state index contributed by atoms with van der Waals surface area (Å²) in [5, 5.41) is 17.9. The zero-order valence-corrected chi connectivity index (χ0v) is 10.1. The van der Waals surface area contributed by atoms with E-state index in [-0.39, 0.29) is 16.9 Å². The Hall–Kier alpha value is -2.95. The summed E-state index contributed by atoms with van der Waals surface area (Å²) < 4.78 is 0. The van der Waals surface area contributed by atoms with Crippen molar-refractivity contribution in [1.29, 1.82) is 0 Å². The Balaban J connectivity index is 2.21. The lowest BCUT2D eigenvalue weighted by Gasteiger charge is -2.01. The van der Waals surface area contributed by atoms with Gasteiger partial charge in [-0.1, -0.05) is 12.1 Å². The van der Waals surface area contributed by atoms with Crippen LogP contribution < -0.4 is 0 Å². The first kappa shape index (κ1) is 12.1. The summed E-state index contributed by atoms with van der Waals surface area (Å²) >= 11 is 0. The van der Waals surface area contributed by atoms with Gasteiger partial charge in [-0.15, -0.1) is 0 Å². The number of carboxylic acid groups (broad SMARTS) is 2. The second-order valence-electron chi connectivity index (χ2n) is 4.46. The lowest BCUT2D eigenvalue weighted by atomic mass is 10.0. The smallest absolute Gasteiger partial charge is 0.335 e. The number of carbonyl (C=O) groups excluding carboxylic acids is 1. The van der Waals surface area contributed by atoms with Crippen LogP contribution in [0.1, 0.15) is 36.6 Å². The molecule has 20 heavy (non-hydrogen) atoms. The van der Waals surface area contributed by atoms with Crippen molar-refractivity contribution >= 4 is 17.7 Å². The maximum Gasteiger partial charge on any atom is 0.335 e. The molecule has 2 aromatic carbocycles. The molecular formula is C15H8O5. The average molecular weight is 268 g/mol. The van der Waals surface area contributed by atoms with E-state index in [9.17, 15) is 14.4 Å². The molecule has 0 radical (unpaired) electrons. The van der Waals surface area contributed by atoms with Gasteiger partial charge in [-0.3, -0.25) is 4.79 Å². The highest BCUT2D eigenvalue weighted by molar-refractivity contribution is 6.22. The predicted octanol–water partition coefficient (Wildman–Crippen LogP) is 2.29. The molecule has 3 rings (SSSR count). The number of carboxylic acids is 2. The molecule has 0 aliphatic heterocycles. The van der Waals surface area contributed by atoms with E-state index < -0.39 is 11.9 Å². The summed E-state index contributed by atoms with van der Waals surface area (Å²) in [6, 6.07) is 8.64. The lowest BCUT2D eigenvalue weighted by molar-refractivity contribution is 0.0686. The quantitative estimate of drug-likeness (QED) is 0.744. The predicted molar refractivity (Wildman–Crippen MR) is 69.2 cm³/mol. The van der Waals surface area contributed by atoms with Gasteiger partial charge in [0, 0.05) is 11.1 Å². The fourth-order valence-corrected chi connectivity index (χ4v) is 2.35. The van der Waals surface area contributed by atoms with Gasteiger partial charge in [0.05, 0.1) is 11.1 Å². The van der Waals surface area contributed by atoms with Gasteiger partial charge < -0.3 is 10.2 Å². The fourth-order valence-electron chi connectivity index (χ4n) is 2.35. The molecule has 0 spiro atoms. The molecule has 0 unspecified atom stereocenters. The molecule has 0 fully saturated rings. The van der Waals surface area contributed by atoms with E-state index in [0.29, 0.717) is 22.3 Å². The SMILES string of the molecule is O=C(O)c1ccc2c(c1)C(=O)c1cc(C(=O)O)ccc1-2. The normalized spacial score (nSPS) is 11.9. The van der Waals surface area contributed by atoms with Crippen LogP contribution >= 0.6 is 0 Å². The molecule has 0 heterocycles. The van der Waals surface area contributed by atoms with Crippen molar-refractivity contribution in [3.63, 3.8) is 0 Å². The van der Waals surface area contributed by atoms with E-state index in [1.807, 2.05) is 0 Å². The van der Waals surface area contributed by atoms with Crippen molar-refractivity contribution in [1.82, 2.24) is 0 Å². The third-order valence-electron chi connectivity index (χ3n) is 3.31. The lowest BCUT2D eigenvalue weighted by Crippen LogP contribution is -2.02. The Labute approximate surface area is 113 Å². The van der Waals surface area contributed by atoms with Crippen molar-refractivity contribution in [3.05, 3.63) is 58.7 Å². The number of ketones is 1. The van der Waals surface area contributed by atoms with Gasteiger partial charge in [-0.25, -0.2) is 9.59 Å². The molecule has 0 aromatic heterocycles. The van der Waals surface area contributed by atoms with Gasteiger partial charge in [0.15, 0.2) is 5.78 Å². The number of carbonyl (C=O) groups is 3. The van der Waals surface area contributed by atoms with Gasteiger partial charge in [-0.05, 0) is 35.4 Å². The summed E-state index contributed by atoms with van der Waals surface area (Å²) in [4.78, 5) is 34.1. The van der Waals surface area contributed by atoms with Crippen LogP contribution in [0.5, 0.6) is 0 Å². The molecule has 98 valence electrons. The average Bonchev–Trinajstić information content (AvgIpc) is 2.71. The molecule has 2 N–H and O–H groups in total. The Morgan fingerprint density at radius 2 is 1.10 bits per heavy atom. The Bertz CT molecular complexity index is 723. The van der Waals surface area contributed by atoms with E-state index >= 15 is 0 Å². The number of rotatable bonds is 2. The second-order valence-corrected chi connectivity index (χ2v) is 4.46. The number of benzene rings is 2. The summed E-state index contributed by atoms with van der Waals surface area (Å²) in [5.74, 6) is -2.56. The van der Waals surface area contributed by atoms with Crippen LogP contribution in [0.4, 0.5) is 0 Å². The molecule has 5 nitrogen and oxygen atoms in total. The van der Waals surface area contributed by atoms with E-state index in [1.54, 1.807) is 12.1 Å². The van der Waals surface area contributed by atoms with E-state index in [1.165, 1.54) is 24.3 Å². The number of aromatic carboxylic acids is 2. The highest BCUT2D eigenvalue weighted by Gasteiger charge is 2.28. The number of hydrogen-bond acceptors (Lipinski definition) is 3. The van der Waals surface area contributed by atoms with Crippen LogP contribution in [-0.2, 0) is 0 Å². The maximum atomic E-state index is 12.3. The molecule has 0 saturated carbocycles. The third kappa shape index (κ3) is 1.60. The van der Waals surface area contributed by atoms with Crippen molar-refractivity contribution in [2.75, 3.05) is 0 Å². The van der Waals surface area contributed by atoms with Crippen molar-refractivity contribution in [3.8, 4) is 11.1 Å². The highest BCUT2D eigenvalue weighted by atomic mass is 16.4. The minimum absolute atomic E-state index is 0.0309. The highest BCUT2D eigenvalue weighted by Crippen LogP contribution is 2.37. The van der Waals surface area contributed by atoms with E-state index in [2.05, 4.69) is 0 Å². The summed E-state index contributed by atoms with van der Waals surface area (Å²) in [5.41, 5.74) is 1.91. The van der Waals surface area contributed by atoms with Crippen LogP contribution in [0.2, 0.25) is 0 Å². The van der Waals surface area contributed by atoms with Crippen LogP contribution in [0.15, 0.2) is 36.4 Å². The maximum absolute atomic E-state index is 12.3. The topological polar surface area (TPSA) is 91.7 Å². The largest absolute Gasteiger partial charge is 0.478 e. The monoisotopic (exact) mass is 268 g/mol. The van der Waals surface area contributed by atoms with Crippen LogP contribution in [0, 0.1) is 0 Å². The first-order valence-corrected chi connectivity index (χ1v) is 5.79. The van der Waals surface area contributed by atoms with Gasteiger partial charge in [0.25, 0.3) is 0 Å². The van der Waals surface area contributed by atoms with E-state index in [0.717, 1.165) is 0 Å². The molecule has 0 atom stereocenters. The third-order valence-corrected chi connectivity index (χ3v) is 3.31. The summed E-state index contributed by atoms with van der Waals surface area (Å²) in [6.07, 6.45) is 0. The van der Waals surface area contributed by atoms with Gasteiger partial charge in [0.2, 0.25) is 0 Å². The Kier molecular flexibility index (Phi) is 2.44. The molecule has 0 amide bonds. The van der Waals surface area contributed by atoms with Crippen LogP contribution in [-0.4, -0.2) is 27.9 Å². The first-order chi connectivity index (χ1) is 9.49. The van der Waals surface area contributed by atoms with Crippen molar-refractivity contribution < 1.29 is 24.6 Å². The van der Waals surface area contributed by atoms with Gasteiger partial charge >= 0.3 is 11.9 Å². The van der Waals surface area contributed by atoms with Crippen LogP contribution in [0.3, 0.4) is 0 Å².